The Hall–Kier alpha value is -2.62. The van der Waals surface area contributed by atoms with Gasteiger partial charge in [0.25, 0.3) is 5.91 Å². The molecule has 0 aliphatic rings. The fourth-order valence-corrected chi connectivity index (χ4v) is 3.76. The van der Waals surface area contributed by atoms with Gasteiger partial charge in [0.2, 0.25) is 5.91 Å². The standard InChI is InChI=1S/C28H40N2O2/c1-2-3-4-5-6-7-8-9-10-11-15-18-27(31)30-26-21-19-25(20-22-26)28(32)29-23-24-16-13-12-14-17-24/h12-14,16-17,19-22H,2-11,15,18,23H2,1H3,(H,29,32)(H,30,31). The second-order valence-electron chi connectivity index (χ2n) is 8.58. The van der Waals surface area contributed by atoms with E-state index in [0.29, 0.717) is 18.5 Å². The van der Waals surface area contributed by atoms with Gasteiger partial charge in [-0.05, 0) is 36.2 Å². The summed E-state index contributed by atoms with van der Waals surface area (Å²) in [5.41, 5.74) is 2.38. The minimum Gasteiger partial charge on any atom is -0.348 e. The Kier molecular flexibility index (Phi) is 12.9. The van der Waals surface area contributed by atoms with Gasteiger partial charge in [0.1, 0.15) is 0 Å². The van der Waals surface area contributed by atoms with E-state index in [1.54, 1.807) is 24.3 Å². The average molecular weight is 437 g/mol. The van der Waals surface area contributed by atoms with E-state index in [1.165, 1.54) is 57.8 Å². The minimum atomic E-state index is -0.118. The van der Waals surface area contributed by atoms with Crippen molar-refractivity contribution in [2.24, 2.45) is 0 Å². The van der Waals surface area contributed by atoms with Crippen molar-refractivity contribution < 1.29 is 9.59 Å². The van der Waals surface area contributed by atoms with Gasteiger partial charge in [-0.1, -0.05) is 101 Å². The molecule has 0 aromatic heterocycles. The van der Waals surface area contributed by atoms with E-state index in [1.807, 2.05) is 30.3 Å². The molecule has 4 heteroatoms. The number of hydrogen-bond acceptors (Lipinski definition) is 2. The number of rotatable bonds is 16. The summed E-state index contributed by atoms with van der Waals surface area (Å²) in [7, 11) is 0. The van der Waals surface area contributed by atoms with E-state index in [2.05, 4.69) is 17.6 Å². The summed E-state index contributed by atoms with van der Waals surface area (Å²) >= 11 is 0. The van der Waals surface area contributed by atoms with Gasteiger partial charge >= 0.3 is 0 Å². The molecular formula is C28H40N2O2. The lowest BCUT2D eigenvalue weighted by Gasteiger charge is -2.08. The highest BCUT2D eigenvalue weighted by molar-refractivity contribution is 5.95. The fraction of sp³-hybridized carbons (Fsp3) is 0.500. The largest absolute Gasteiger partial charge is 0.348 e. The quantitative estimate of drug-likeness (QED) is 0.272. The smallest absolute Gasteiger partial charge is 0.251 e. The van der Waals surface area contributed by atoms with Crippen LogP contribution in [0.2, 0.25) is 0 Å². The van der Waals surface area contributed by atoms with Crippen LogP contribution in [0, 0.1) is 0 Å². The summed E-state index contributed by atoms with van der Waals surface area (Å²) in [5, 5.41) is 5.84. The number of anilines is 1. The summed E-state index contributed by atoms with van der Waals surface area (Å²) in [6, 6.07) is 16.9. The molecule has 0 heterocycles. The normalized spacial score (nSPS) is 10.7. The zero-order valence-electron chi connectivity index (χ0n) is 19.7. The van der Waals surface area contributed by atoms with E-state index in [4.69, 9.17) is 0 Å². The molecule has 0 unspecified atom stereocenters. The van der Waals surface area contributed by atoms with Crippen molar-refractivity contribution in [2.45, 2.75) is 90.5 Å². The van der Waals surface area contributed by atoms with Crippen LogP contribution in [0.3, 0.4) is 0 Å². The molecule has 0 spiro atoms. The first-order valence-corrected chi connectivity index (χ1v) is 12.4. The van der Waals surface area contributed by atoms with Crippen molar-refractivity contribution in [3.63, 3.8) is 0 Å². The highest BCUT2D eigenvalue weighted by Crippen LogP contribution is 2.14. The van der Waals surface area contributed by atoms with E-state index >= 15 is 0 Å². The van der Waals surface area contributed by atoms with Gasteiger partial charge in [-0.2, -0.15) is 0 Å². The van der Waals surface area contributed by atoms with Gasteiger partial charge in [0.15, 0.2) is 0 Å². The van der Waals surface area contributed by atoms with E-state index < -0.39 is 0 Å². The second-order valence-corrected chi connectivity index (χ2v) is 8.58. The van der Waals surface area contributed by atoms with Crippen LogP contribution in [0.15, 0.2) is 54.6 Å². The Balaban J connectivity index is 1.54. The van der Waals surface area contributed by atoms with Crippen molar-refractivity contribution in [3.8, 4) is 0 Å². The lowest BCUT2D eigenvalue weighted by molar-refractivity contribution is -0.116. The first-order valence-electron chi connectivity index (χ1n) is 12.4. The molecule has 0 aliphatic heterocycles. The molecule has 32 heavy (non-hydrogen) atoms. The maximum Gasteiger partial charge on any atom is 0.251 e. The first-order chi connectivity index (χ1) is 15.7. The molecule has 0 saturated carbocycles. The van der Waals surface area contributed by atoms with Gasteiger partial charge in [-0.25, -0.2) is 0 Å². The molecule has 2 N–H and O–H groups in total. The molecule has 0 saturated heterocycles. The Morgan fingerprint density at radius 3 is 1.84 bits per heavy atom. The fourth-order valence-electron chi connectivity index (χ4n) is 3.76. The maximum atomic E-state index is 12.3. The molecular weight excluding hydrogens is 396 g/mol. The number of carbonyl (C=O) groups excluding carboxylic acids is 2. The third-order valence-electron chi connectivity index (χ3n) is 5.73. The molecule has 0 radical (unpaired) electrons. The molecule has 2 aromatic carbocycles. The van der Waals surface area contributed by atoms with Gasteiger partial charge < -0.3 is 10.6 Å². The van der Waals surface area contributed by atoms with Crippen molar-refractivity contribution >= 4 is 17.5 Å². The zero-order chi connectivity index (χ0) is 22.9. The molecule has 0 aliphatic carbocycles. The SMILES string of the molecule is CCCCCCCCCCCCCC(=O)Nc1ccc(C(=O)NCc2ccccc2)cc1. The molecule has 0 atom stereocenters. The molecule has 0 fully saturated rings. The summed E-state index contributed by atoms with van der Waals surface area (Å²) in [5.74, 6) is -0.0742. The number of carbonyl (C=O) groups is 2. The molecule has 2 amide bonds. The second kappa shape index (κ2) is 16.1. The molecule has 174 valence electrons. The third-order valence-corrected chi connectivity index (χ3v) is 5.73. The van der Waals surface area contributed by atoms with Crippen LogP contribution in [0.5, 0.6) is 0 Å². The van der Waals surface area contributed by atoms with Crippen molar-refractivity contribution in [2.75, 3.05) is 5.32 Å². The van der Waals surface area contributed by atoms with Crippen molar-refractivity contribution in [3.05, 3.63) is 65.7 Å². The van der Waals surface area contributed by atoms with E-state index in [9.17, 15) is 9.59 Å². The highest BCUT2D eigenvalue weighted by atomic mass is 16.2. The van der Waals surface area contributed by atoms with E-state index in [0.717, 1.165) is 24.1 Å². The predicted molar refractivity (Wildman–Crippen MR) is 134 cm³/mol. The minimum absolute atomic E-state index is 0.0437. The lowest BCUT2D eigenvalue weighted by atomic mass is 10.1. The van der Waals surface area contributed by atoms with Crippen LogP contribution < -0.4 is 10.6 Å². The zero-order valence-corrected chi connectivity index (χ0v) is 19.7. The number of amides is 2. The Morgan fingerprint density at radius 2 is 1.25 bits per heavy atom. The molecule has 0 bridgehead atoms. The van der Waals surface area contributed by atoms with Crippen LogP contribution in [-0.4, -0.2) is 11.8 Å². The van der Waals surface area contributed by atoms with Crippen LogP contribution in [0.25, 0.3) is 0 Å². The predicted octanol–water partition coefficient (Wildman–Crippen LogP) is 7.26. The highest BCUT2D eigenvalue weighted by Gasteiger charge is 2.07. The van der Waals surface area contributed by atoms with Gasteiger partial charge in [0.05, 0.1) is 0 Å². The molecule has 4 nitrogen and oxygen atoms in total. The Morgan fingerprint density at radius 1 is 0.688 bits per heavy atom. The number of benzene rings is 2. The Labute approximate surface area is 194 Å². The van der Waals surface area contributed by atoms with Crippen molar-refractivity contribution in [1.29, 1.82) is 0 Å². The summed E-state index contributed by atoms with van der Waals surface area (Å²) < 4.78 is 0. The Bertz CT molecular complexity index is 772. The van der Waals surface area contributed by atoms with Gasteiger partial charge in [-0.3, -0.25) is 9.59 Å². The summed E-state index contributed by atoms with van der Waals surface area (Å²) in [6.07, 6.45) is 14.6. The van der Waals surface area contributed by atoms with Crippen LogP contribution in [0.4, 0.5) is 5.69 Å². The monoisotopic (exact) mass is 436 g/mol. The maximum absolute atomic E-state index is 12.3. The average Bonchev–Trinajstić information content (AvgIpc) is 2.82. The summed E-state index contributed by atoms with van der Waals surface area (Å²) in [4.78, 5) is 24.4. The third kappa shape index (κ3) is 11.1. The lowest BCUT2D eigenvalue weighted by Crippen LogP contribution is -2.22. The molecule has 2 rings (SSSR count). The van der Waals surface area contributed by atoms with Crippen molar-refractivity contribution in [1.82, 2.24) is 5.32 Å². The van der Waals surface area contributed by atoms with E-state index in [-0.39, 0.29) is 11.8 Å². The van der Waals surface area contributed by atoms with Crippen LogP contribution in [0.1, 0.15) is 99.9 Å². The van der Waals surface area contributed by atoms with Gasteiger partial charge in [0, 0.05) is 24.2 Å². The first kappa shape index (κ1) is 25.6. The van der Waals surface area contributed by atoms with Crippen LogP contribution in [-0.2, 0) is 11.3 Å². The number of hydrogen-bond donors (Lipinski definition) is 2. The summed E-state index contributed by atoms with van der Waals surface area (Å²) in [6.45, 7) is 2.75. The van der Waals surface area contributed by atoms with Crippen LogP contribution >= 0.6 is 0 Å². The molecule has 2 aromatic rings. The number of unbranched alkanes of at least 4 members (excludes halogenated alkanes) is 10. The topological polar surface area (TPSA) is 58.2 Å². The number of nitrogens with one attached hydrogen (secondary N) is 2. The van der Waals surface area contributed by atoms with Gasteiger partial charge in [-0.15, -0.1) is 0 Å².